The van der Waals surface area contributed by atoms with Gasteiger partial charge >= 0.3 is 12.1 Å². The van der Waals surface area contributed by atoms with Crippen LogP contribution in [0.3, 0.4) is 0 Å². The van der Waals surface area contributed by atoms with Crippen LogP contribution in [0, 0.1) is 0 Å². The van der Waals surface area contributed by atoms with Gasteiger partial charge in [-0.3, -0.25) is 4.79 Å². The summed E-state index contributed by atoms with van der Waals surface area (Å²) < 4.78 is 37.9. The maximum atomic E-state index is 12.6. The zero-order valence-electron chi connectivity index (χ0n) is 8.84. The Balaban J connectivity index is 3.44. The fraction of sp³-hybridized carbons (Fsp3) is 0.273. The Morgan fingerprint density at radius 2 is 1.88 bits per heavy atom. The minimum atomic E-state index is -4.60. The second-order valence-electron chi connectivity index (χ2n) is 3.32. The van der Waals surface area contributed by atoms with E-state index in [0.29, 0.717) is 0 Å². The lowest BCUT2D eigenvalue weighted by Gasteiger charge is -2.14. The molecule has 0 aliphatic rings. The van der Waals surface area contributed by atoms with Crippen molar-refractivity contribution >= 4 is 11.8 Å². The topological polar surface area (TPSA) is 54.4 Å². The van der Waals surface area contributed by atoms with E-state index in [0.717, 1.165) is 18.2 Å². The van der Waals surface area contributed by atoms with E-state index in [1.54, 1.807) is 0 Å². The van der Waals surface area contributed by atoms with Crippen LogP contribution in [0.2, 0.25) is 0 Å². The molecule has 0 fully saturated rings. The number of alkyl halides is 3. The largest absolute Gasteiger partial charge is 0.475 e. The van der Waals surface area contributed by atoms with Crippen LogP contribution < -0.4 is 0 Å². The third-order valence-electron chi connectivity index (χ3n) is 2.27. The summed E-state index contributed by atoms with van der Waals surface area (Å²) in [6.45, 7) is 1.43. The van der Waals surface area contributed by atoms with Crippen molar-refractivity contribution in [2.75, 3.05) is 0 Å². The maximum Gasteiger partial charge on any atom is 0.416 e. The van der Waals surface area contributed by atoms with Crippen LogP contribution in [0.4, 0.5) is 13.2 Å². The van der Waals surface area contributed by atoms with Gasteiger partial charge in [-0.05, 0) is 18.1 Å². The normalized spacial score (nSPS) is 11.3. The first-order valence-corrected chi connectivity index (χ1v) is 4.75. The SMILES string of the molecule is CCc1c(C(=O)C(=O)O)cccc1C(F)(F)F. The molecule has 0 aromatic heterocycles. The van der Waals surface area contributed by atoms with E-state index in [2.05, 4.69) is 0 Å². The molecule has 0 radical (unpaired) electrons. The van der Waals surface area contributed by atoms with E-state index in [9.17, 15) is 22.8 Å². The third kappa shape index (κ3) is 2.64. The number of carbonyl (C=O) groups is 2. The number of carboxylic acids is 1. The molecular weight excluding hydrogens is 237 g/mol. The van der Waals surface area contributed by atoms with Gasteiger partial charge in [0.05, 0.1) is 5.56 Å². The molecule has 1 rings (SSSR count). The highest BCUT2D eigenvalue weighted by Gasteiger charge is 2.35. The average Bonchev–Trinajstić information content (AvgIpc) is 2.25. The molecule has 0 aliphatic carbocycles. The Morgan fingerprint density at radius 1 is 1.29 bits per heavy atom. The number of ketones is 1. The van der Waals surface area contributed by atoms with Gasteiger partial charge in [-0.15, -0.1) is 0 Å². The molecule has 0 saturated heterocycles. The number of Topliss-reactive ketones (excluding diaryl/α,β-unsaturated/α-hetero) is 1. The molecule has 1 N–H and O–H groups in total. The lowest BCUT2D eigenvalue weighted by atomic mass is 9.96. The highest BCUT2D eigenvalue weighted by molar-refractivity contribution is 6.40. The number of carboxylic acid groups (broad SMARTS) is 1. The molecule has 0 amide bonds. The van der Waals surface area contributed by atoms with Crippen molar-refractivity contribution in [2.24, 2.45) is 0 Å². The first-order valence-electron chi connectivity index (χ1n) is 4.75. The summed E-state index contributed by atoms with van der Waals surface area (Å²) in [4.78, 5) is 21.7. The van der Waals surface area contributed by atoms with Crippen molar-refractivity contribution < 1.29 is 27.9 Å². The van der Waals surface area contributed by atoms with Crippen LogP contribution >= 0.6 is 0 Å². The second kappa shape index (κ2) is 4.57. The molecule has 0 spiro atoms. The Labute approximate surface area is 94.9 Å². The van der Waals surface area contributed by atoms with Crippen LogP contribution in [0.15, 0.2) is 18.2 Å². The summed E-state index contributed by atoms with van der Waals surface area (Å²) in [7, 11) is 0. The van der Waals surface area contributed by atoms with Crippen LogP contribution in [-0.4, -0.2) is 16.9 Å². The Bertz CT molecular complexity index is 464. The van der Waals surface area contributed by atoms with Gasteiger partial charge in [0.15, 0.2) is 0 Å². The summed E-state index contributed by atoms with van der Waals surface area (Å²) >= 11 is 0. The van der Waals surface area contributed by atoms with Gasteiger partial charge in [0.25, 0.3) is 5.78 Å². The fourth-order valence-electron chi connectivity index (χ4n) is 1.56. The molecule has 1 aromatic carbocycles. The molecule has 0 bridgehead atoms. The minimum Gasteiger partial charge on any atom is -0.475 e. The molecule has 0 aliphatic heterocycles. The smallest absolute Gasteiger partial charge is 0.416 e. The summed E-state index contributed by atoms with van der Waals surface area (Å²) in [6, 6.07) is 2.94. The number of aliphatic carboxylic acids is 1. The first-order chi connectivity index (χ1) is 7.79. The van der Waals surface area contributed by atoms with Crippen LogP contribution in [0.5, 0.6) is 0 Å². The highest BCUT2D eigenvalue weighted by Crippen LogP contribution is 2.33. The summed E-state index contributed by atoms with van der Waals surface area (Å²) in [5.74, 6) is -3.09. The molecule has 0 saturated carbocycles. The zero-order valence-corrected chi connectivity index (χ0v) is 8.84. The van der Waals surface area contributed by atoms with E-state index < -0.39 is 29.1 Å². The number of carbonyl (C=O) groups excluding carboxylic acids is 1. The Hall–Kier alpha value is -1.85. The van der Waals surface area contributed by atoms with E-state index in [1.165, 1.54) is 6.92 Å². The molecule has 0 unspecified atom stereocenters. The van der Waals surface area contributed by atoms with E-state index in [1.807, 2.05) is 0 Å². The molecule has 92 valence electrons. The predicted molar refractivity (Wildman–Crippen MR) is 52.8 cm³/mol. The molecular formula is C11H9F3O3. The average molecular weight is 246 g/mol. The van der Waals surface area contributed by atoms with Gasteiger partial charge in [0.2, 0.25) is 0 Å². The molecule has 0 atom stereocenters. The lowest BCUT2D eigenvalue weighted by Crippen LogP contribution is -2.18. The van der Waals surface area contributed by atoms with Gasteiger partial charge < -0.3 is 5.11 Å². The number of halogens is 3. The highest BCUT2D eigenvalue weighted by atomic mass is 19.4. The predicted octanol–water partition coefficient (Wildman–Crippen LogP) is 2.54. The van der Waals surface area contributed by atoms with Crippen molar-refractivity contribution in [3.8, 4) is 0 Å². The van der Waals surface area contributed by atoms with Gasteiger partial charge in [0, 0.05) is 5.56 Å². The maximum absolute atomic E-state index is 12.6. The van der Waals surface area contributed by atoms with Gasteiger partial charge in [-0.2, -0.15) is 13.2 Å². The van der Waals surface area contributed by atoms with Crippen molar-refractivity contribution in [2.45, 2.75) is 19.5 Å². The van der Waals surface area contributed by atoms with Crippen molar-refractivity contribution in [1.29, 1.82) is 0 Å². The summed E-state index contributed by atoms with van der Waals surface area (Å²) in [5.41, 5.74) is -1.66. The fourth-order valence-corrected chi connectivity index (χ4v) is 1.56. The number of benzene rings is 1. The molecule has 6 heteroatoms. The minimum absolute atomic E-state index is 0.0654. The Morgan fingerprint density at radius 3 is 2.29 bits per heavy atom. The van der Waals surface area contributed by atoms with Gasteiger partial charge in [0.1, 0.15) is 0 Å². The molecule has 3 nitrogen and oxygen atoms in total. The van der Waals surface area contributed by atoms with Crippen molar-refractivity contribution in [3.63, 3.8) is 0 Å². The van der Waals surface area contributed by atoms with Gasteiger partial charge in [-0.25, -0.2) is 4.79 Å². The Kier molecular flexibility index (Phi) is 3.55. The lowest BCUT2D eigenvalue weighted by molar-refractivity contribution is -0.138. The third-order valence-corrected chi connectivity index (χ3v) is 2.27. The number of hydrogen-bond donors (Lipinski definition) is 1. The van der Waals surface area contributed by atoms with E-state index in [4.69, 9.17) is 5.11 Å². The van der Waals surface area contributed by atoms with Crippen LogP contribution in [0.25, 0.3) is 0 Å². The number of hydrogen-bond acceptors (Lipinski definition) is 2. The number of rotatable bonds is 3. The standard InChI is InChI=1S/C11H9F3O3/c1-2-6-7(9(15)10(16)17)4-3-5-8(6)11(12,13)14/h3-5H,2H2,1H3,(H,16,17). The molecule has 17 heavy (non-hydrogen) atoms. The summed E-state index contributed by atoms with van der Waals surface area (Å²) in [6.07, 6.45) is -4.66. The monoisotopic (exact) mass is 246 g/mol. The van der Waals surface area contributed by atoms with Crippen molar-refractivity contribution in [1.82, 2.24) is 0 Å². The van der Waals surface area contributed by atoms with Gasteiger partial charge in [-0.1, -0.05) is 19.1 Å². The van der Waals surface area contributed by atoms with Crippen molar-refractivity contribution in [3.05, 3.63) is 34.9 Å². The second-order valence-corrected chi connectivity index (χ2v) is 3.32. The summed E-state index contributed by atoms with van der Waals surface area (Å²) in [5, 5.41) is 8.52. The van der Waals surface area contributed by atoms with Crippen LogP contribution in [0.1, 0.15) is 28.4 Å². The quantitative estimate of drug-likeness (QED) is 0.658. The van der Waals surface area contributed by atoms with E-state index in [-0.39, 0.29) is 12.0 Å². The zero-order chi connectivity index (χ0) is 13.2. The first kappa shape index (κ1) is 13.2. The van der Waals surface area contributed by atoms with Crippen LogP contribution in [-0.2, 0) is 17.4 Å². The van der Waals surface area contributed by atoms with E-state index >= 15 is 0 Å². The molecule has 0 heterocycles. The molecule has 1 aromatic rings.